The van der Waals surface area contributed by atoms with Crippen LogP contribution in [0, 0.1) is 0 Å². The highest BCUT2D eigenvalue weighted by Gasteiger charge is 2.12. The molecule has 100 valence electrons. The van der Waals surface area contributed by atoms with Crippen molar-refractivity contribution in [1.29, 1.82) is 0 Å². The first-order valence-corrected chi connectivity index (χ1v) is 7.07. The molecular formula is C14H14ClNO2S. The van der Waals surface area contributed by atoms with E-state index >= 15 is 0 Å². The maximum absolute atomic E-state index is 12.1. The molecule has 0 bridgehead atoms. The number of ether oxygens (including phenoxy) is 1. The summed E-state index contributed by atoms with van der Waals surface area (Å²) in [4.78, 5) is 14.0. The van der Waals surface area contributed by atoms with Crippen molar-refractivity contribution in [3.8, 4) is 5.75 Å². The molecule has 3 nitrogen and oxygen atoms in total. The normalized spacial score (nSPS) is 10.3. The maximum atomic E-state index is 12.1. The molecule has 1 heterocycles. The molecule has 1 aromatic heterocycles. The first-order chi connectivity index (χ1) is 9.13. The summed E-state index contributed by atoms with van der Waals surface area (Å²) < 4.78 is 5.19. The Kier molecular flexibility index (Phi) is 4.45. The quantitative estimate of drug-likeness (QED) is 0.917. The van der Waals surface area contributed by atoms with Gasteiger partial charge in [0.25, 0.3) is 5.91 Å². The zero-order valence-electron chi connectivity index (χ0n) is 10.7. The van der Waals surface area contributed by atoms with Crippen molar-refractivity contribution in [1.82, 2.24) is 0 Å². The van der Waals surface area contributed by atoms with E-state index in [2.05, 4.69) is 12.2 Å². The molecule has 0 unspecified atom stereocenters. The average molecular weight is 296 g/mol. The first-order valence-electron chi connectivity index (χ1n) is 5.87. The zero-order valence-corrected chi connectivity index (χ0v) is 12.3. The average Bonchev–Trinajstić information content (AvgIpc) is 2.88. The Morgan fingerprint density at radius 2 is 2.16 bits per heavy atom. The lowest BCUT2D eigenvalue weighted by Gasteiger charge is -2.09. The van der Waals surface area contributed by atoms with Crippen LogP contribution in [0.2, 0.25) is 5.02 Å². The predicted octanol–water partition coefficient (Wildman–Crippen LogP) is 4.22. The fourth-order valence-electron chi connectivity index (χ4n) is 1.65. The number of amides is 1. The minimum atomic E-state index is -0.148. The van der Waals surface area contributed by atoms with Crippen molar-refractivity contribution in [2.75, 3.05) is 12.4 Å². The van der Waals surface area contributed by atoms with Gasteiger partial charge in [0.1, 0.15) is 5.75 Å². The Labute approximate surface area is 121 Å². The Morgan fingerprint density at radius 1 is 1.37 bits per heavy atom. The second-order valence-corrected chi connectivity index (χ2v) is 5.52. The molecule has 0 saturated heterocycles. The van der Waals surface area contributed by atoms with E-state index < -0.39 is 0 Å². The van der Waals surface area contributed by atoms with Crippen molar-refractivity contribution in [3.63, 3.8) is 0 Å². The van der Waals surface area contributed by atoms with Gasteiger partial charge in [0.15, 0.2) is 0 Å². The topological polar surface area (TPSA) is 38.3 Å². The number of anilines is 1. The summed E-state index contributed by atoms with van der Waals surface area (Å²) in [7, 11) is 1.55. The maximum Gasteiger partial charge on any atom is 0.265 e. The van der Waals surface area contributed by atoms with Crippen LogP contribution in [0.5, 0.6) is 5.75 Å². The number of aryl methyl sites for hydroxylation is 1. The number of rotatable bonds is 4. The summed E-state index contributed by atoms with van der Waals surface area (Å²) in [5.74, 6) is 0.440. The van der Waals surface area contributed by atoms with Gasteiger partial charge < -0.3 is 10.1 Å². The summed E-state index contributed by atoms with van der Waals surface area (Å²) in [5.41, 5.74) is 0.575. The van der Waals surface area contributed by atoms with Gasteiger partial charge in [-0.25, -0.2) is 0 Å². The van der Waals surface area contributed by atoms with Crippen molar-refractivity contribution < 1.29 is 9.53 Å². The van der Waals surface area contributed by atoms with Gasteiger partial charge in [0.05, 0.1) is 17.7 Å². The number of carbonyl (C=O) groups is 1. The lowest BCUT2D eigenvalue weighted by molar-refractivity contribution is 0.103. The molecule has 1 aromatic carbocycles. The van der Waals surface area contributed by atoms with Crippen molar-refractivity contribution in [3.05, 3.63) is 45.1 Å². The fourth-order valence-corrected chi connectivity index (χ4v) is 2.67. The third kappa shape index (κ3) is 3.28. The lowest BCUT2D eigenvalue weighted by atomic mass is 10.3. The molecule has 0 aliphatic carbocycles. The van der Waals surface area contributed by atoms with Crippen LogP contribution in [0.4, 0.5) is 5.69 Å². The molecular weight excluding hydrogens is 282 g/mol. The van der Waals surface area contributed by atoms with Crippen LogP contribution >= 0.6 is 22.9 Å². The molecule has 2 aromatic rings. The molecule has 0 atom stereocenters. The van der Waals surface area contributed by atoms with E-state index in [0.717, 1.165) is 6.42 Å². The third-order valence-corrected chi connectivity index (χ3v) is 4.11. The van der Waals surface area contributed by atoms with Crippen LogP contribution in [0.1, 0.15) is 21.5 Å². The SMILES string of the molecule is CCc1ccc(C(=O)Nc2cc(Cl)ccc2OC)s1. The van der Waals surface area contributed by atoms with E-state index in [9.17, 15) is 4.79 Å². The monoisotopic (exact) mass is 295 g/mol. The summed E-state index contributed by atoms with van der Waals surface area (Å²) in [6.07, 6.45) is 0.929. The Hall–Kier alpha value is -1.52. The van der Waals surface area contributed by atoms with Crippen LogP contribution in [0.3, 0.4) is 0 Å². The summed E-state index contributed by atoms with van der Waals surface area (Å²) in [5, 5.41) is 3.37. The molecule has 0 spiro atoms. The van der Waals surface area contributed by atoms with Crippen LogP contribution in [0.15, 0.2) is 30.3 Å². The number of methoxy groups -OCH3 is 1. The Morgan fingerprint density at radius 3 is 2.79 bits per heavy atom. The minimum Gasteiger partial charge on any atom is -0.495 e. The summed E-state index contributed by atoms with van der Waals surface area (Å²) in [6, 6.07) is 8.91. The predicted molar refractivity (Wildman–Crippen MR) is 79.7 cm³/mol. The van der Waals surface area contributed by atoms with E-state index in [0.29, 0.717) is 21.3 Å². The van der Waals surface area contributed by atoms with E-state index in [-0.39, 0.29) is 5.91 Å². The molecule has 0 radical (unpaired) electrons. The second-order valence-electron chi connectivity index (χ2n) is 3.92. The number of halogens is 1. The van der Waals surface area contributed by atoms with Gasteiger partial charge in [0.2, 0.25) is 0 Å². The summed E-state index contributed by atoms with van der Waals surface area (Å²) in [6.45, 7) is 2.06. The standard InChI is InChI=1S/C14H14ClNO2S/c1-3-10-5-7-13(19-10)14(17)16-11-8-9(15)4-6-12(11)18-2/h4-8H,3H2,1-2H3,(H,16,17). The minimum absolute atomic E-state index is 0.148. The van der Waals surface area contributed by atoms with Crippen LogP contribution < -0.4 is 10.1 Å². The zero-order chi connectivity index (χ0) is 13.8. The van der Waals surface area contributed by atoms with Gasteiger partial charge in [-0.3, -0.25) is 4.79 Å². The Bertz CT molecular complexity index is 595. The highest BCUT2D eigenvalue weighted by atomic mass is 35.5. The van der Waals surface area contributed by atoms with Crippen molar-refractivity contribution in [2.24, 2.45) is 0 Å². The highest BCUT2D eigenvalue weighted by Crippen LogP contribution is 2.28. The molecule has 1 N–H and O–H groups in total. The Balaban J connectivity index is 2.20. The van der Waals surface area contributed by atoms with Gasteiger partial charge in [-0.15, -0.1) is 11.3 Å². The number of nitrogens with one attached hydrogen (secondary N) is 1. The molecule has 0 saturated carbocycles. The second kappa shape index (κ2) is 6.08. The van der Waals surface area contributed by atoms with Crippen molar-refractivity contribution in [2.45, 2.75) is 13.3 Å². The first kappa shape index (κ1) is 13.9. The molecule has 1 amide bonds. The van der Waals surface area contributed by atoms with Crippen LogP contribution in [-0.2, 0) is 6.42 Å². The van der Waals surface area contributed by atoms with E-state index in [4.69, 9.17) is 16.3 Å². The molecule has 0 aliphatic rings. The molecule has 0 aliphatic heterocycles. The number of benzene rings is 1. The van der Waals surface area contributed by atoms with Gasteiger partial charge in [-0.2, -0.15) is 0 Å². The summed E-state index contributed by atoms with van der Waals surface area (Å²) >= 11 is 7.42. The number of carbonyl (C=O) groups excluding carboxylic acids is 1. The van der Waals surface area contributed by atoms with Gasteiger partial charge in [-0.05, 0) is 36.8 Å². The van der Waals surface area contributed by atoms with E-state index in [1.807, 2.05) is 12.1 Å². The molecule has 2 rings (SSSR count). The smallest absolute Gasteiger partial charge is 0.265 e. The van der Waals surface area contributed by atoms with E-state index in [1.54, 1.807) is 25.3 Å². The van der Waals surface area contributed by atoms with Gasteiger partial charge in [-0.1, -0.05) is 18.5 Å². The molecule has 19 heavy (non-hydrogen) atoms. The number of hydrogen-bond acceptors (Lipinski definition) is 3. The third-order valence-electron chi connectivity index (χ3n) is 2.64. The highest BCUT2D eigenvalue weighted by molar-refractivity contribution is 7.14. The molecule has 5 heteroatoms. The van der Waals surface area contributed by atoms with Crippen LogP contribution in [-0.4, -0.2) is 13.0 Å². The van der Waals surface area contributed by atoms with Gasteiger partial charge in [0, 0.05) is 9.90 Å². The largest absolute Gasteiger partial charge is 0.495 e. The number of thiophene rings is 1. The van der Waals surface area contributed by atoms with Crippen LogP contribution in [0.25, 0.3) is 0 Å². The van der Waals surface area contributed by atoms with Crippen molar-refractivity contribution >= 4 is 34.5 Å². The van der Waals surface area contributed by atoms with E-state index in [1.165, 1.54) is 16.2 Å². The van der Waals surface area contributed by atoms with Gasteiger partial charge >= 0.3 is 0 Å². The molecule has 0 fully saturated rings. The lowest BCUT2D eigenvalue weighted by Crippen LogP contribution is -2.11. The fraction of sp³-hybridized carbons (Fsp3) is 0.214. The number of hydrogen-bond donors (Lipinski definition) is 1.